The maximum Gasteiger partial charge on any atom is 0.286 e. The number of rotatable bonds is 10. The first kappa shape index (κ1) is 19.0. The number of carbonyl (C=O) groups excluding carboxylic acids is 2. The Bertz CT molecular complexity index is 728. The molecule has 2 amide bonds. The lowest BCUT2D eigenvalue weighted by atomic mass is 10.3. The normalized spacial score (nSPS) is 10.2. The molecule has 0 spiro atoms. The van der Waals surface area contributed by atoms with E-state index in [4.69, 9.17) is 4.42 Å². The molecule has 3 N–H and O–H groups in total. The van der Waals surface area contributed by atoms with Crippen LogP contribution in [0.2, 0.25) is 0 Å². The van der Waals surface area contributed by atoms with Crippen LogP contribution >= 0.6 is 0 Å². The molecule has 9 heteroatoms. The fraction of sp³-hybridized carbons (Fsp3) is 0.294. The highest BCUT2D eigenvalue weighted by Gasteiger charge is 2.08. The molecule has 0 aliphatic rings. The van der Waals surface area contributed by atoms with Crippen LogP contribution in [0.3, 0.4) is 0 Å². The molecule has 0 aliphatic heterocycles. The third kappa shape index (κ3) is 6.27. The largest absolute Gasteiger partial charge is 0.459 e. The van der Waals surface area contributed by atoms with Gasteiger partial charge in [-0.15, -0.1) is 0 Å². The SMILES string of the molecule is O=C(CCCNC(=O)c1ccco1)NCCNc1ccc([N+](=O)[O-])cc1. The summed E-state index contributed by atoms with van der Waals surface area (Å²) in [5, 5.41) is 19.0. The number of amides is 2. The summed E-state index contributed by atoms with van der Waals surface area (Å²) in [5.41, 5.74) is 0.772. The van der Waals surface area contributed by atoms with Crippen LogP contribution in [0.4, 0.5) is 11.4 Å². The Morgan fingerprint density at radius 2 is 1.81 bits per heavy atom. The summed E-state index contributed by atoms with van der Waals surface area (Å²) >= 11 is 0. The predicted molar refractivity (Wildman–Crippen MR) is 94.9 cm³/mol. The Kier molecular flexibility index (Phi) is 7.17. The van der Waals surface area contributed by atoms with Crippen LogP contribution in [-0.4, -0.2) is 36.4 Å². The van der Waals surface area contributed by atoms with Gasteiger partial charge in [0.15, 0.2) is 5.76 Å². The molecular weight excluding hydrogens is 340 g/mol. The lowest BCUT2D eigenvalue weighted by molar-refractivity contribution is -0.384. The zero-order valence-corrected chi connectivity index (χ0v) is 14.1. The number of hydrogen-bond acceptors (Lipinski definition) is 6. The van der Waals surface area contributed by atoms with Crippen molar-refractivity contribution >= 4 is 23.2 Å². The number of nitro benzene ring substituents is 1. The topological polar surface area (TPSA) is 127 Å². The summed E-state index contributed by atoms with van der Waals surface area (Å²) in [6, 6.07) is 9.26. The van der Waals surface area contributed by atoms with E-state index in [0.29, 0.717) is 32.5 Å². The Morgan fingerprint density at radius 3 is 2.46 bits per heavy atom. The van der Waals surface area contributed by atoms with E-state index in [0.717, 1.165) is 5.69 Å². The second kappa shape index (κ2) is 9.82. The first-order valence-corrected chi connectivity index (χ1v) is 8.13. The molecule has 1 aromatic carbocycles. The highest BCUT2D eigenvalue weighted by molar-refractivity contribution is 5.91. The third-order valence-corrected chi connectivity index (χ3v) is 3.47. The zero-order valence-electron chi connectivity index (χ0n) is 14.1. The lowest BCUT2D eigenvalue weighted by Gasteiger charge is -2.08. The van der Waals surface area contributed by atoms with Crippen LogP contribution in [0.5, 0.6) is 0 Å². The summed E-state index contributed by atoms with van der Waals surface area (Å²) in [7, 11) is 0. The van der Waals surface area contributed by atoms with Crippen LogP contribution in [-0.2, 0) is 4.79 Å². The van der Waals surface area contributed by atoms with Crippen LogP contribution in [0.15, 0.2) is 47.1 Å². The zero-order chi connectivity index (χ0) is 18.8. The number of carbonyl (C=O) groups is 2. The molecule has 1 aromatic heterocycles. The minimum absolute atomic E-state index is 0.0305. The van der Waals surface area contributed by atoms with Crippen molar-refractivity contribution in [3.05, 3.63) is 58.5 Å². The van der Waals surface area contributed by atoms with Gasteiger partial charge in [-0.05, 0) is 30.7 Å². The maximum absolute atomic E-state index is 11.7. The number of anilines is 1. The van der Waals surface area contributed by atoms with Gasteiger partial charge in [0.1, 0.15) is 0 Å². The van der Waals surface area contributed by atoms with Crippen molar-refractivity contribution < 1.29 is 18.9 Å². The van der Waals surface area contributed by atoms with E-state index >= 15 is 0 Å². The number of benzene rings is 1. The number of nitrogens with one attached hydrogen (secondary N) is 3. The molecule has 138 valence electrons. The van der Waals surface area contributed by atoms with Crippen molar-refractivity contribution in [3.8, 4) is 0 Å². The molecule has 0 bridgehead atoms. The second-order valence-corrected chi connectivity index (χ2v) is 5.42. The first-order chi connectivity index (χ1) is 12.6. The van der Waals surface area contributed by atoms with E-state index in [-0.39, 0.29) is 23.3 Å². The molecular formula is C17H20N4O5. The molecule has 0 radical (unpaired) electrons. The maximum atomic E-state index is 11.7. The van der Waals surface area contributed by atoms with E-state index in [9.17, 15) is 19.7 Å². The van der Waals surface area contributed by atoms with Gasteiger partial charge in [0, 0.05) is 43.9 Å². The van der Waals surface area contributed by atoms with Gasteiger partial charge >= 0.3 is 0 Å². The van der Waals surface area contributed by atoms with E-state index < -0.39 is 4.92 Å². The van der Waals surface area contributed by atoms with Gasteiger partial charge in [-0.2, -0.15) is 0 Å². The molecule has 0 saturated heterocycles. The third-order valence-electron chi connectivity index (χ3n) is 3.47. The molecule has 2 aromatic rings. The number of nitro groups is 1. The van der Waals surface area contributed by atoms with E-state index in [2.05, 4.69) is 16.0 Å². The van der Waals surface area contributed by atoms with Crippen LogP contribution in [0, 0.1) is 10.1 Å². The summed E-state index contributed by atoms with van der Waals surface area (Å²) in [4.78, 5) is 33.4. The predicted octanol–water partition coefficient (Wildman–Crippen LogP) is 1.93. The Hall–Kier alpha value is -3.36. The Labute approximate surface area is 149 Å². The monoisotopic (exact) mass is 360 g/mol. The Balaban J connectivity index is 1.53. The van der Waals surface area contributed by atoms with Crippen LogP contribution < -0.4 is 16.0 Å². The highest BCUT2D eigenvalue weighted by Crippen LogP contribution is 2.14. The highest BCUT2D eigenvalue weighted by atomic mass is 16.6. The Morgan fingerprint density at radius 1 is 1.04 bits per heavy atom. The molecule has 0 atom stereocenters. The van der Waals surface area contributed by atoms with Gasteiger partial charge < -0.3 is 20.4 Å². The van der Waals surface area contributed by atoms with Crippen molar-refractivity contribution in [1.29, 1.82) is 0 Å². The van der Waals surface area contributed by atoms with Crippen molar-refractivity contribution in [2.75, 3.05) is 25.0 Å². The average molecular weight is 360 g/mol. The standard InChI is InChI=1S/C17H20N4O5/c22-16(4-1-9-20-17(23)15-3-2-12-26-15)19-11-10-18-13-5-7-14(8-6-13)21(24)25/h2-3,5-8,12,18H,1,4,9-11H2,(H,19,22)(H,20,23). The molecule has 0 aliphatic carbocycles. The molecule has 0 fully saturated rings. The number of non-ortho nitro benzene ring substituents is 1. The van der Waals surface area contributed by atoms with Gasteiger partial charge in [-0.3, -0.25) is 19.7 Å². The molecule has 26 heavy (non-hydrogen) atoms. The van der Waals surface area contributed by atoms with Crippen LogP contribution in [0.1, 0.15) is 23.4 Å². The van der Waals surface area contributed by atoms with E-state index in [1.807, 2.05) is 0 Å². The number of hydrogen-bond donors (Lipinski definition) is 3. The van der Waals surface area contributed by atoms with Crippen molar-refractivity contribution in [2.24, 2.45) is 0 Å². The lowest BCUT2D eigenvalue weighted by Crippen LogP contribution is -2.30. The first-order valence-electron chi connectivity index (χ1n) is 8.13. The van der Waals surface area contributed by atoms with Gasteiger partial charge in [0.05, 0.1) is 11.2 Å². The van der Waals surface area contributed by atoms with Crippen LogP contribution in [0.25, 0.3) is 0 Å². The van der Waals surface area contributed by atoms with Crippen molar-refractivity contribution in [3.63, 3.8) is 0 Å². The molecule has 0 saturated carbocycles. The molecule has 9 nitrogen and oxygen atoms in total. The van der Waals surface area contributed by atoms with Gasteiger partial charge in [0.2, 0.25) is 5.91 Å². The van der Waals surface area contributed by atoms with Gasteiger partial charge in [0.25, 0.3) is 11.6 Å². The van der Waals surface area contributed by atoms with E-state index in [1.54, 1.807) is 24.3 Å². The molecule has 2 rings (SSSR count). The smallest absolute Gasteiger partial charge is 0.286 e. The molecule has 1 heterocycles. The van der Waals surface area contributed by atoms with Crippen molar-refractivity contribution in [1.82, 2.24) is 10.6 Å². The summed E-state index contributed by atoms with van der Waals surface area (Å²) in [6.07, 6.45) is 2.25. The van der Waals surface area contributed by atoms with Gasteiger partial charge in [-0.25, -0.2) is 0 Å². The summed E-state index contributed by atoms with van der Waals surface area (Å²) < 4.78 is 4.96. The summed E-state index contributed by atoms with van der Waals surface area (Å²) in [6.45, 7) is 1.31. The minimum atomic E-state index is -0.457. The van der Waals surface area contributed by atoms with Gasteiger partial charge in [-0.1, -0.05) is 0 Å². The molecule has 0 unspecified atom stereocenters. The van der Waals surface area contributed by atoms with E-state index in [1.165, 1.54) is 18.4 Å². The summed E-state index contributed by atoms with van der Waals surface area (Å²) in [5.74, 6) is -0.169. The fourth-order valence-corrected chi connectivity index (χ4v) is 2.14. The minimum Gasteiger partial charge on any atom is -0.459 e. The number of nitrogens with zero attached hydrogens (tertiary/aromatic N) is 1. The number of furan rings is 1. The van der Waals surface area contributed by atoms with Crippen molar-refractivity contribution in [2.45, 2.75) is 12.8 Å². The fourth-order valence-electron chi connectivity index (χ4n) is 2.14. The second-order valence-electron chi connectivity index (χ2n) is 5.42. The quantitative estimate of drug-likeness (QED) is 0.337. The average Bonchev–Trinajstić information content (AvgIpc) is 3.17.